The fourth-order valence-corrected chi connectivity index (χ4v) is 2.15. The summed E-state index contributed by atoms with van der Waals surface area (Å²) in [6, 6.07) is 5.65. The molecule has 0 aromatic heterocycles. The number of nitrogens with two attached hydrogens (primary N) is 1. The Kier molecular flexibility index (Phi) is 8.47. The van der Waals surface area contributed by atoms with Crippen LogP contribution in [-0.4, -0.2) is 58.6 Å². The molecule has 0 unspecified atom stereocenters. The molecule has 5 N–H and O–H groups in total. The van der Waals surface area contributed by atoms with Crippen molar-refractivity contribution in [2.24, 2.45) is 11.7 Å². The van der Waals surface area contributed by atoms with Gasteiger partial charge in [-0.05, 0) is 37.5 Å². The van der Waals surface area contributed by atoms with Crippen molar-refractivity contribution in [2.75, 3.05) is 13.3 Å². The number of carbonyl (C=O) groups is 2. The first-order valence-corrected chi connectivity index (χ1v) is 7.87. The van der Waals surface area contributed by atoms with E-state index in [1.54, 1.807) is 24.3 Å². The summed E-state index contributed by atoms with van der Waals surface area (Å²) in [6.07, 6.45) is -2.58. The van der Waals surface area contributed by atoms with Crippen LogP contribution < -0.4 is 10.5 Å². The number of carboxylic acids is 1. The largest absolute Gasteiger partial charge is 0.491 e. The molecule has 0 aliphatic carbocycles. The highest BCUT2D eigenvalue weighted by Crippen LogP contribution is 2.18. The molecule has 0 aliphatic rings. The predicted octanol–water partition coefficient (Wildman–Crippen LogP) is 0.306. The summed E-state index contributed by atoms with van der Waals surface area (Å²) in [7, 11) is 0. The number of alkyl halides is 1. The summed E-state index contributed by atoms with van der Waals surface area (Å²) in [5, 5.41) is 27.8. The SMILES string of the molecule is CC(=O)[C@@H](N)C[C@H](Cc1ccc(OC[C@H](O)[C@@H](O)C[18F])cc1)C(=O)O. The first-order chi connectivity index (χ1) is 11.7. The van der Waals surface area contributed by atoms with Gasteiger partial charge in [0.05, 0.1) is 12.0 Å². The zero-order chi connectivity index (χ0) is 19.0. The van der Waals surface area contributed by atoms with Crippen molar-refractivity contribution in [3.05, 3.63) is 29.8 Å². The van der Waals surface area contributed by atoms with Gasteiger partial charge in [0.25, 0.3) is 0 Å². The first kappa shape index (κ1) is 21.0. The van der Waals surface area contributed by atoms with E-state index in [0.29, 0.717) is 5.75 Å². The van der Waals surface area contributed by atoms with Crippen molar-refractivity contribution < 1.29 is 34.0 Å². The number of aliphatic hydroxyl groups excluding tert-OH is 2. The molecule has 0 fully saturated rings. The van der Waals surface area contributed by atoms with Crippen molar-refractivity contribution in [2.45, 2.75) is 38.0 Å². The molecule has 140 valence electrons. The molecule has 0 bridgehead atoms. The van der Waals surface area contributed by atoms with Crippen molar-refractivity contribution in [1.29, 1.82) is 0 Å². The molecule has 0 radical (unpaired) electrons. The van der Waals surface area contributed by atoms with Gasteiger partial charge in [0, 0.05) is 0 Å². The fourth-order valence-electron chi connectivity index (χ4n) is 2.15. The van der Waals surface area contributed by atoms with Crippen molar-refractivity contribution in [3.8, 4) is 5.75 Å². The molecule has 0 amide bonds. The summed E-state index contributed by atoms with van der Waals surface area (Å²) in [5.41, 5.74) is 6.36. The van der Waals surface area contributed by atoms with Crippen LogP contribution in [0.3, 0.4) is 0 Å². The number of carbonyl (C=O) groups excluding carboxylic acids is 1. The summed E-state index contributed by atoms with van der Waals surface area (Å²) in [4.78, 5) is 22.5. The van der Waals surface area contributed by atoms with Gasteiger partial charge < -0.3 is 25.8 Å². The molecule has 0 saturated carbocycles. The van der Waals surface area contributed by atoms with Crippen LogP contribution in [-0.2, 0) is 16.0 Å². The van der Waals surface area contributed by atoms with E-state index < -0.39 is 36.8 Å². The van der Waals surface area contributed by atoms with Gasteiger partial charge in [-0.3, -0.25) is 9.59 Å². The van der Waals surface area contributed by atoms with Gasteiger partial charge >= 0.3 is 5.97 Å². The molecular formula is C17H24FNO6. The molecule has 0 aliphatic heterocycles. The number of hydrogen-bond donors (Lipinski definition) is 4. The Hall–Kier alpha value is -2.03. The van der Waals surface area contributed by atoms with Gasteiger partial charge in [0.2, 0.25) is 0 Å². The summed E-state index contributed by atoms with van der Waals surface area (Å²) >= 11 is 0. The fraction of sp³-hybridized carbons (Fsp3) is 0.529. The molecule has 1 aromatic rings. The second-order valence-corrected chi connectivity index (χ2v) is 5.94. The third-order valence-corrected chi connectivity index (χ3v) is 3.84. The summed E-state index contributed by atoms with van der Waals surface area (Å²) in [6.45, 7) is -0.0118. The minimum absolute atomic E-state index is 0.0518. The number of halogens is 1. The molecule has 1 rings (SSSR count). The van der Waals surface area contributed by atoms with Gasteiger partial charge in [-0.25, -0.2) is 4.39 Å². The van der Waals surface area contributed by atoms with Crippen LogP contribution in [0.4, 0.5) is 4.39 Å². The zero-order valence-electron chi connectivity index (χ0n) is 14.0. The first-order valence-electron chi connectivity index (χ1n) is 7.87. The van der Waals surface area contributed by atoms with Crippen LogP contribution in [0, 0.1) is 5.92 Å². The Morgan fingerprint density at radius 1 is 1.20 bits per heavy atom. The summed E-state index contributed by atoms with van der Waals surface area (Å²) < 4.78 is 17.4. The molecule has 0 heterocycles. The number of aliphatic hydroxyl groups is 2. The second kappa shape index (κ2) is 10.1. The van der Waals surface area contributed by atoms with Crippen LogP contribution >= 0.6 is 0 Å². The highest BCUT2D eigenvalue weighted by Gasteiger charge is 2.23. The minimum Gasteiger partial charge on any atom is -0.491 e. The topological polar surface area (TPSA) is 130 Å². The average molecular weight is 356 g/mol. The number of Topliss-reactive ketones (excluding diaryl/α,β-unsaturated/α-hetero) is 1. The Balaban J connectivity index is 2.62. The van der Waals surface area contributed by atoms with Gasteiger partial charge in [0.15, 0.2) is 0 Å². The number of rotatable bonds is 11. The average Bonchev–Trinajstić information content (AvgIpc) is 2.59. The van der Waals surface area contributed by atoms with E-state index in [0.717, 1.165) is 5.56 Å². The molecule has 8 heteroatoms. The highest BCUT2D eigenvalue weighted by atomic mass is 18.2. The van der Waals surface area contributed by atoms with Crippen molar-refractivity contribution in [3.63, 3.8) is 0 Å². The highest BCUT2D eigenvalue weighted by molar-refractivity contribution is 5.82. The van der Waals surface area contributed by atoms with E-state index >= 15 is 0 Å². The maximum absolute atomic E-state index is 12.2. The molecule has 1 aromatic carbocycles. The van der Waals surface area contributed by atoms with Gasteiger partial charge in [-0.15, -0.1) is 0 Å². The van der Waals surface area contributed by atoms with E-state index in [1.165, 1.54) is 6.92 Å². The Labute approximate surface area is 145 Å². The van der Waals surface area contributed by atoms with Gasteiger partial charge in [-0.1, -0.05) is 12.1 Å². The van der Waals surface area contributed by atoms with Crippen LogP contribution in [0.1, 0.15) is 18.9 Å². The lowest BCUT2D eigenvalue weighted by atomic mass is 9.92. The van der Waals surface area contributed by atoms with Gasteiger partial charge in [0.1, 0.15) is 37.0 Å². The van der Waals surface area contributed by atoms with Crippen LogP contribution in [0.25, 0.3) is 0 Å². The second-order valence-electron chi connectivity index (χ2n) is 5.94. The van der Waals surface area contributed by atoms with Gasteiger partial charge in [-0.2, -0.15) is 0 Å². The van der Waals surface area contributed by atoms with Crippen LogP contribution in [0.5, 0.6) is 5.75 Å². The zero-order valence-corrected chi connectivity index (χ0v) is 14.0. The molecule has 0 spiro atoms. The number of hydrogen-bond acceptors (Lipinski definition) is 6. The molecule has 7 nitrogen and oxygen atoms in total. The molecular weight excluding hydrogens is 332 g/mol. The Morgan fingerprint density at radius 2 is 1.80 bits per heavy atom. The van der Waals surface area contributed by atoms with Crippen LogP contribution in [0.2, 0.25) is 0 Å². The third-order valence-electron chi connectivity index (χ3n) is 3.84. The Bertz CT molecular complexity index is 565. The number of ether oxygens (including phenoxy) is 1. The standard InChI is InChI=1S/C17H24FNO6/c1-10(20)14(19)7-12(17(23)24)6-11-2-4-13(5-3-11)25-9-16(22)15(21)8-18/h2-5,12,14-16,21-22H,6-9,19H2,1H3,(H,23,24)/t12-,14-,15-,16-/m0/s1/i18-1. The van der Waals surface area contributed by atoms with E-state index in [1.807, 2.05) is 0 Å². The summed E-state index contributed by atoms with van der Waals surface area (Å²) in [5.74, 6) is -1.68. The maximum Gasteiger partial charge on any atom is 0.306 e. The molecule has 4 atom stereocenters. The number of aliphatic carboxylic acids is 1. The van der Waals surface area contributed by atoms with Crippen molar-refractivity contribution in [1.82, 2.24) is 0 Å². The number of carboxylic acid groups (broad SMARTS) is 1. The normalized spacial score (nSPS) is 15.9. The van der Waals surface area contributed by atoms with E-state index in [9.17, 15) is 24.2 Å². The van der Waals surface area contributed by atoms with Crippen LogP contribution in [0.15, 0.2) is 24.3 Å². The minimum atomic E-state index is -1.50. The molecule has 0 saturated heterocycles. The number of benzene rings is 1. The van der Waals surface area contributed by atoms with E-state index in [4.69, 9.17) is 15.6 Å². The smallest absolute Gasteiger partial charge is 0.306 e. The monoisotopic (exact) mass is 356 g/mol. The lowest BCUT2D eigenvalue weighted by molar-refractivity contribution is -0.142. The Morgan fingerprint density at radius 3 is 2.28 bits per heavy atom. The maximum atomic E-state index is 12.2. The van der Waals surface area contributed by atoms with E-state index in [-0.39, 0.29) is 25.2 Å². The van der Waals surface area contributed by atoms with E-state index in [2.05, 4.69) is 0 Å². The lowest BCUT2D eigenvalue weighted by Crippen LogP contribution is -2.34. The predicted molar refractivity (Wildman–Crippen MR) is 88.0 cm³/mol. The lowest BCUT2D eigenvalue weighted by Gasteiger charge is -2.17. The quantitative estimate of drug-likeness (QED) is 0.449. The molecule has 25 heavy (non-hydrogen) atoms. The number of ketones is 1. The van der Waals surface area contributed by atoms with Crippen molar-refractivity contribution >= 4 is 11.8 Å². The third kappa shape index (κ3) is 7.16.